The predicted octanol–water partition coefficient (Wildman–Crippen LogP) is 5.38. The Bertz CT molecular complexity index is 1890. The molecular weight excluding hydrogens is 618 g/mol. The van der Waals surface area contributed by atoms with Gasteiger partial charge < -0.3 is 18.8 Å². The van der Waals surface area contributed by atoms with E-state index in [9.17, 15) is 9.59 Å². The number of aromatic nitrogens is 2. The van der Waals surface area contributed by atoms with Gasteiger partial charge in [-0.25, -0.2) is 9.79 Å². The Morgan fingerprint density at radius 1 is 1.07 bits per heavy atom. The van der Waals surface area contributed by atoms with Crippen molar-refractivity contribution in [3.8, 4) is 17.2 Å². The molecule has 0 bridgehead atoms. The fourth-order valence-corrected chi connectivity index (χ4v) is 6.90. The molecule has 5 rings (SSSR count). The van der Waals surface area contributed by atoms with Crippen LogP contribution >= 0.6 is 27.3 Å². The topological polar surface area (TPSA) is 84.1 Å². The van der Waals surface area contributed by atoms with Crippen LogP contribution in [0.15, 0.2) is 74.1 Å². The first-order valence-corrected chi connectivity index (χ1v) is 15.2. The van der Waals surface area contributed by atoms with Gasteiger partial charge in [0.2, 0.25) is 0 Å². The van der Waals surface area contributed by atoms with Crippen LogP contribution in [0.5, 0.6) is 11.5 Å². The van der Waals surface area contributed by atoms with Gasteiger partial charge in [0.15, 0.2) is 16.3 Å². The highest BCUT2D eigenvalue weighted by molar-refractivity contribution is 9.10. The second-order valence-electron chi connectivity index (χ2n) is 9.76. The van der Waals surface area contributed by atoms with Crippen molar-refractivity contribution < 1.29 is 19.0 Å². The minimum atomic E-state index is -0.793. The van der Waals surface area contributed by atoms with E-state index in [-0.39, 0.29) is 12.2 Å². The van der Waals surface area contributed by atoms with E-state index >= 15 is 0 Å². The minimum absolute atomic E-state index is 0.192. The molecule has 10 heteroatoms. The van der Waals surface area contributed by atoms with Gasteiger partial charge in [-0.2, -0.15) is 0 Å². The molecule has 0 unspecified atom stereocenters. The molecule has 0 saturated heterocycles. The molecule has 0 radical (unpaired) electrons. The average molecular weight is 651 g/mol. The standard InChI is InChI=1S/C32H32BrN3O5S/c1-7-40-26-17-24(33)23(16-25(26)39-6)29-28(31(38)41-8-2)19(4)34-32-36(29)30(37)27(42-32)15-21-14-18(3)35(20(21)5)22-12-10-9-11-13-22/h9-17,29H,7-8H2,1-6H3/b27-15+/t29-/m1/s1. The maximum Gasteiger partial charge on any atom is 0.338 e. The summed E-state index contributed by atoms with van der Waals surface area (Å²) < 4.78 is 21.7. The molecule has 1 aliphatic heterocycles. The Balaban J connectivity index is 1.73. The first-order chi connectivity index (χ1) is 20.2. The first kappa shape index (κ1) is 29.6. The van der Waals surface area contributed by atoms with Gasteiger partial charge in [-0.1, -0.05) is 45.5 Å². The number of methoxy groups -OCH3 is 1. The highest BCUT2D eigenvalue weighted by Crippen LogP contribution is 2.41. The van der Waals surface area contributed by atoms with Crippen molar-refractivity contribution in [2.75, 3.05) is 20.3 Å². The molecule has 1 atom stereocenters. The van der Waals surface area contributed by atoms with Crippen LogP contribution in [-0.4, -0.2) is 35.4 Å². The SMILES string of the molecule is CCOC(=O)C1=C(C)N=c2s/c(=C/c3cc(C)n(-c4ccccc4)c3C)c(=O)n2[C@@H]1c1cc(OC)c(OCC)cc1Br. The summed E-state index contributed by atoms with van der Waals surface area (Å²) in [4.78, 5) is 32.7. The normalized spacial score (nSPS) is 14.9. The van der Waals surface area contributed by atoms with E-state index in [1.165, 1.54) is 11.3 Å². The smallest absolute Gasteiger partial charge is 0.338 e. The molecular formula is C32H32BrN3O5S. The Morgan fingerprint density at radius 3 is 2.48 bits per heavy atom. The van der Waals surface area contributed by atoms with Crippen LogP contribution in [0.3, 0.4) is 0 Å². The maximum atomic E-state index is 14.2. The summed E-state index contributed by atoms with van der Waals surface area (Å²) in [5, 5.41) is 0. The fourth-order valence-electron chi connectivity index (χ4n) is 5.32. The van der Waals surface area contributed by atoms with Crippen LogP contribution in [0.2, 0.25) is 0 Å². The summed E-state index contributed by atoms with van der Waals surface area (Å²) in [6.45, 7) is 10.1. The molecule has 42 heavy (non-hydrogen) atoms. The third kappa shape index (κ3) is 5.25. The molecule has 2 aromatic heterocycles. The van der Waals surface area contributed by atoms with Crippen molar-refractivity contribution in [1.29, 1.82) is 0 Å². The number of carbonyl (C=O) groups excluding carboxylic acids is 1. The second kappa shape index (κ2) is 12.1. The molecule has 0 aliphatic carbocycles. The number of hydrogen-bond donors (Lipinski definition) is 0. The molecule has 218 valence electrons. The summed E-state index contributed by atoms with van der Waals surface area (Å²) in [5.41, 5.74) is 5.26. The summed E-state index contributed by atoms with van der Waals surface area (Å²) in [6.07, 6.45) is 1.90. The Hall–Kier alpha value is -3.89. The van der Waals surface area contributed by atoms with Crippen LogP contribution in [0, 0.1) is 13.8 Å². The van der Waals surface area contributed by atoms with Crippen LogP contribution in [0.4, 0.5) is 0 Å². The van der Waals surface area contributed by atoms with E-state index in [0.717, 1.165) is 22.6 Å². The second-order valence-corrected chi connectivity index (χ2v) is 11.6. The Labute approximate surface area is 256 Å². The van der Waals surface area contributed by atoms with Crippen molar-refractivity contribution in [3.63, 3.8) is 0 Å². The first-order valence-electron chi connectivity index (χ1n) is 13.6. The number of para-hydroxylation sites is 1. The number of halogens is 1. The molecule has 0 saturated carbocycles. The molecule has 2 aromatic carbocycles. The number of rotatable bonds is 8. The number of ether oxygens (including phenoxy) is 3. The highest BCUT2D eigenvalue weighted by Gasteiger charge is 2.35. The predicted molar refractivity (Wildman–Crippen MR) is 168 cm³/mol. The van der Waals surface area contributed by atoms with Gasteiger partial charge in [0, 0.05) is 21.5 Å². The number of allylic oxidation sites excluding steroid dienone is 1. The largest absolute Gasteiger partial charge is 0.493 e. The monoisotopic (exact) mass is 649 g/mol. The number of benzene rings is 2. The van der Waals surface area contributed by atoms with E-state index in [4.69, 9.17) is 19.2 Å². The van der Waals surface area contributed by atoms with Gasteiger partial charge in [-0.05, 0) is 82.2 Å². The number of hydrogen-bond acceptors (Lipinski definition) is 7. The number of nitrogens with zero attached hydrogens (tertiary/aromatic N) is 3. The fraction of sp³-hybridized carbons (Fsp3) is 0.281. The van der Waals surface area contributed by atoms with Crippen molar-refractivity contribution in [2.45, 2.75) is 40.7 Å². The Morgan fingerprint density at radius 2 is 1.81 bits per heavy atom. The Kier molecular flexibility index (Phi) is 8.56. The summed E-state index contributed by atoms with van der Waals surface area (Å²) in [6, 6.07) is 15.0. The van der Waals surface area contributed by atoms with Crippen LogP contribution in [-0.2, 0) is 9.53 Å². The lowest BCUT2D eigenvalue weighted by molar-refractivity contribution is -0.139. The molecule has 3 heterocycles. The van der Waals surface area contributed by atoms with E-state index in [2.05, 4.69) is 38.7 Å². The molecule has 0 spiro atoms. The zero-order valence-electron chi connectivity index (χ0n) is 24.4. The van der Waals surface area contributed by atoms with Crippen LogP contribution < -0.4 is 24.4 Å². The van der Waals surface area contributed by atoms with Gasteiger partial charge in [-0.3, -0.25) is 9.36 Å². The number of aryl methyl sites for hydroxylation is 1. The quantitative estimate of drug-likeness (QED) is 0.240. The molecule has 4 aromatic rings. The van der Waals surface area contributed by atoms with Gasteiger partial charge in [0.25, 0.3) is 5.56 Å². The summed E-state index contributed by atoms with van der Waals surface area (Å²) in [7, 11) is 1.56. The van der Waals surface area contributed by atoms with Crippen molar-refractivity contribution in [1.82, 2.24) is 9.13 Å². The minimum Gasteiger partial charge on any atom is -0.493 e. The molecule has 1 aliphatic rings. The lowest BCUT2D eigenvalue weighted by atomic mass is 9.95. The number of carbonyl (C=O) groups is 1. The van der Waals surface area contributed by atoms with Crippen LogP contribution in [0.1, 0.15) is 49.3 Å². The number of thiazole rings is 1. The van der Waals surface area contributed by atoms with Crippen LogP contribution in [0.25, 0.3) is 11.8 Å². The molecule has 8 nitrogen and oxygen atoms in total. The van der Waals surface area contributed by atoms with Gasteiger partial charge in [0.05, 0.1) is 42.2 Å². The van der Waals surface area contributed by atoms with Crippen molar-refractivity contribution >= 4 is 39.3 Å². The average Bonchev–Trinajstić information content (AvgIpc) is 3.42. The molecule has 0 amide bonds. The maximum absolute atomic E-state index is 14.2. The number of esters is 1. The van der Waals surface area contributed by atoms with E-state index in [0.29, 0.717) is 48.7 Å². The summed E-state index contributed by atoms with van der Waals surface area (Å²) >= 11 is 4.96. The lowest BCUT2D eigenvalue weighted by Crippen LogP contribution is -2.40. The van der Waals surface area contributed by atoms with Crippen molar-refractivity contribution in [3.05, 3.63) is 106 Å². The summed E-state index contributed by atoms with van der Waals surface area (Å²) in [5.74, 6) is 0.516. The molecule has 0 N–H and O–H groups in total. The third-order valence-corrected chi connectivity index (χ3v) is 8.84. The van der Waals surface area contributed by atoms with Crippen molar-refractivity contribution in [2.24, 2.45) is 4.99 Å². The van der Waals surface area contributed by atoms with Gasteiger partial charge in [-0.15, -0.1) is 0 Å². The van der Waals surface area contributed by atoms with E-state index < -0.39 is 12.0 Å². The van der Waals surface area contributed by atoms with Gasteiger partial charge >= 0.3 is 5.97 Å². The zero-order chi connectivity index (χ0) is 30.1. The molecule has 0 fully saturated rings. The van der Waals surface area contributed by atoms with E-state index in [1.54, 1.807) is 37.7 Å². The lowest BCUT2D eigenvalue weighted by Gasteiger charge is -2.26. The van der Waals surface area contributed by atoms with E-state index in [1.807, 2.05) is 45.0 Å². The zero-order valence-corrected chi connectivity index (χ0v) is 26.8. The van der Waals surface area contributed by atoms with Gasteiger partial charge in [0.1, 0.15) is 0 Å². The highest BCUT2D eigenvalue weighted by atomic mass is 79.9. The number of fused-ring (bicyclic) bond motifs is 1. The third-order valence-electron chi connectivity index (χ3n) is 7.17.